The number of carbonyl (C=O) groups is 2. The van der Waals surface area contributed by atoms with Crippen LogP contribution in [0, 0.1) is 16.7 Å². The van der Waals surface area contributed by atoms with Gasteiger partial charge in [0.25, 0.3) is 0 Å². The predicted octanol–water partition coefficient (Wildman–Crippen LogP) is 0.863. The fourth-order valence-corrected chi connectivity index (χ4v) is 1.27. The molecule has 0 aliphatic heterocycles. The standard InChI is InChI=1S/C12H21N3O2/c1-6-7-15(8-10(16)14(4)5)11(17)12(2,3)9-13/h6-8H2,1-5H3. The summed E-state index contributed by atoms with van der Waals surface area (Å²) in [4.78, 5) is 26.6. The minimum absolute atomic E-state index is 0.0325. The van der Waals surface area contributed by atoms with Crippen molar-refractivity contribution in [1.29, 1.82) is 5.26 Å². The first-order valence-electron chi connectivity index (χ1n) is 5.67. The van der Waals surface area contributed by atoms with E-state index in [4.69, 9.17) is 5.26 Å². The molecule has 2 amide bonds. The first-order chi connectivity index (χ1) is 7.76. The number of nitrogens with zero attached hydrogens (tertiary/aromatic N) is 3. The minimum Gasteiger partial charge on any atom is -0.347 e. The second-order valence-corrected chi connectivity index (χ2v) is 4.75. The zero-order chi connectivity index (χ0) is 13.6. The molecule has 0 spiro atoms. The molecule has 0 aromatic rings. The maximum atomic E-state index is 12.1. The van der Waals surface area contributed by atoms with E-state index in [-0.39, 0.29) is 18.4 Å². The van der Waals surface area contributed by atoms with Gasteiger partial charge in [0.05, 0.1) is 12.6 Å². The van der Waals surface area contributed by atoms with Crippen molar-refractivity contribution in [2.45, 2.75) is 27.2 Å². The van der Waals surface area contributed by atoms with Crippen molar-refractivity contribution in [2.24, 2.45) is 5.41 Å². The Labute approximate surface area is 103 Å². The average Bonchev–Trinajstić information content (AvgIpc) is 2.27. The van der Waals surface area contributed by atoms with E-state index >= 15 is 0 Å². The zero-order valence-electron chi connectivity index (χ0n) is 11.3. The van der Waals surface area contributed by atoms with Gasteiger partial charge in [0, 0.05) is 20.6 Å². The SMILES string of the molecule is CCCN(CC(=O)N(C)C)C(=O)C(C)(C)C#N. The molecule has 0 aromatic heterocycles. The van der Waals surface area contributed by atoms with Crippen LogP contribution < -0.4 is 0 Å². The summed E-state index contributed by atoms with van der Waals surface area (Å²) in [5.41, 5.74) is -1.08. The number of rotatable bonds is 5. The van der Waals surface area contributed by atoms with Gasteiger partial charge in [0.2, 0.25) is 11.8 Å². The molecular weight excluding hydrogens is 218 g/mol. The third-order valence-corrected chi connectivity index (χ3v) is 2.42. The van der Waals surface area contributed by atoms with Crippen molar-refractivity contribution in [3.05, 3.63) is 0 Å². The van der Waals surface area contributed by atoms with Crippen LogP contribution in [-0.2, 0) is 9.59 Å². The summed E-state index contributed by atoms with van der Waals surface area (Å²) in [6.07, 6.45) is 0.758. The normalized spacial score (nSPS) is 10.6. The smallest absolute Gasteiger partial charge is 0.242 e. The van der Waals surface area contributed by atoms with Crippen molar-refractivity contribution in [3.8, 4) is 6.07 Å². The molecule has 0 saturated carbocycles. The number of carbonyl (C=O) groups excluding carboxylic acids is 2. The van der Waals surface area contributed by atoms with E-state index in [9.17, 15) is 9.59 Å². The Bertz CT molecular complexity index is 329. The van der Waals surface area contributed by atoms with E-state index in [2.05, 4.69) is 0 Å². The van der Waals surface area contributed by atoms with Crippen LogP contribution in [-0.4, -0.2) is 48.8 Å². The summed E-state index contributed by atoms with van der Waals surface area (Å²) in [5, 5.41) is 8.93. The lowest BCUT2D eigenvalue weighted by Gasteiger charge is -2.28. The maximum Gasteiger partial charge on any atom is 0.242 e. The Morgan fingerprint density at radius 1 is 1.29 bits per heavy atom. The van der Waals surface area contributed by atoms with Gasteiger partial charge < -0.3 is 9.80 Å². The molecule has 17 heavy (non-hydrogen) atoms. The van der Waals surface area contributed by atoms with Crippen molar-refractivity contribution >= 4 is 11.8 Å². The number of hydrogen-bond acceptors (Lipinski definition) is 3. The van der Waals surface area contributed by atoms with Crippen molar-refractivity contribution in [2.75, 3.05) is 27.2 Å². The molecule has 0 saturated heterocycles. The van der Waals surface area contributed by atoms with E-state index in [1.807, 2.05) is 13.0 Å². The van der Waals surface area contributed by atoms with Gasteiger partial charge in [-0.25, -0.2) is 0 Å². The molecule has 5 heteroatoms. The lowest BCUT2D eigenvalue weighted by atomic mass is 9.93. The van der Waals surface area contributed by atoms with Crippen LogP contribution in [0.25, 0.3) is 0 Å². The number of amides is 2. The highest BCUT2D eigenvalue weighted by molar-refractivity contribution is 5.89. The molecule has 0 aromatic carbocycles. The molecule has 0 rings (SSSR count). The molecule has 0 bridgehead atoms. The van der Waals surface area contributed by atoms with Crippen LogP contribution >= 0.6 is 0 Å². The molecule has 96 valence electrons. The van der Waals surface area contributed by atoms with Crippen molar-refractivity contribution in [3.63, 3.8) is 0 Å². The molecule has 0 fully saturated rings. The van der Waals surface area contributed by atoms with Crippen LogP contribution in [0.2, 0.25) is 0 Å². The first-order valence-corrected chi connectivity index (χ1v) is 5.67. The van der Waals surface area contributed by atoms with Gasteiger partial charge in [0.15, 0.2) is 0 Å². The second kappa shape index (κ2) is 6.24. The topological polar surface area (TPSA) is 64.4 Å². The molecule has 0 atom stereocenters. The van der Waals surface area contributed by atoms with Gasteiger partial charge >= 0.3 is 0 Å². The number of likely N-dealkylation sites (N-methyl/N-ethyl adjacent to an activating group) is 1. The molecule has 0 unspecified atom stereocenters. The molecule has 0 aliphatic carbocycles. The monoisotopic (exact) mass is 239 g/mol. The summed E-state index contributed by atoms with van der Waals surface area (Å²) in [6, 6.07) is 1.97. The summed E-state index contributed by atoms with van der Waals surface area (Å²) in [6.45, 7) is 5.59. The molecule has 0 radical (unpaired) electrons. The van der Waals surface area contributed by atoms with Crippen LogP contribution in [0.1, 0.15) is 27.2 Å². The van der Waals surface area contributed by atoms with Crippen LogP contribution in [0.15, 0.2) is 0 Å². The van der Waals surface area contributed by atoms with E-state index in [1.54, 1.807) is 27.9 Å². The molecule has 0 heterocycles. The Kier molecular flexibility index (Phi) is 5.66. The first kappa shape index (κ1) is 15.4. The Morgan fingerprint density at radius 2 is 1.82 bits per heavy atom. The van der Waals surface area contributed by atoms with Crippen LogP contribution in [0.3, 0.4) is 0 Å². The van der Waals surface area contributed by atoms with Gasteiger partial charge in [-0.2, -0.15) is 5.26 Å². The number of hydrogen-bond donors (Lipinski definition) is 0. The summed E-state index contributed by atoms with van der Waals surface area (Å²) in [5.74, 6) is -0.433. The highest BCUT2D eigenvalue weighted by Crippen LogP contribution is 2.17. The van der Waals surface area contributed by atoms with Crippen LogP contribution in [0.5, 0.6) is 0 Å². The van der Waals surface area contributed by atoms with Gasteiger partial charge in [0.1, 0.15) is 5.41 Å². The van der Waals surface area contributed by atoms with E-state index in [0.29, 0.717) is 6.54 Å². The lowest BCUT2D eigenvalue weighted by Crippen LogP contribution is -2.45. The third-order valence-electron chi connectivity index (χ3n) is 2.42. The van der Waals surface area contributed by atoms with Gasteiger partial charge in [-0.3, -0.25) is 9.59 Å². The van der Waals surface area contributed by atoms with E-state index in [0.717, 1.165) is 6.42 Å². The summed E-state index contributed by atoms with van der Waals surface area (Å²) >= 11 is 0. The average molecular weight is 239 g/mol. The summed E-state index contributed by atoms with van der Waals surface area (Å²) < 4.78 is 0. The summed E-state index contributed by atoms with van der Waals surface area (Å²) in [7, 11) is 3.29. The number of nitriles is 1. The third kappa shape index (κ3) is 4.43. The van der Waals surface area contributed by atoms with Crippen molar-refractivity contribution in [1.82, 2.24) is 9.80 Å². The second-order valence-electron chi connectivity index (χ2n) is 4.75. The maximum absolute atomic E-state index is 12.1. The Morgan fingerprint density at radius 3 is 2.18 bits per heavy atom. The molecular formula is C12H21N3O2. The van der Waals surface area contributed by atoms with Crippen molar-refractivity contribution < 1.29 is 9.59 Å². The Balaban J connectivity index is 4.82. The quantitative estimate of drug-likeness (QED) is 0.715. The van der Waals surface area contributed by atoms with Gasteiger partial charge in [-0.05, 0) is 20.3 Å². The van der Waals surface area contributed by atoms with Crippen LogP contribution in [0.4, 0.5) is 0 Å². The van der Waals surface area contributed by atoms with Gasteiger partial charge in [-0.1, -0.05) is 6.92 Å². The van der Waals surface area contributed by atoms with Gasteiger partial charge in [-0.15, -0.1) is 0 Å². The highest BCUT2D eigenvalue weighted by Gasteiger charge is 2.32. The Hall–Kier alpha value is -1.57. The van der Waals surface area contributed by atoms with E-state index < -0.39 is 5.41 Å². The zero-order valence-corrected chi connectivity index (χ0v) is 11.3. The molecule has 0 N–H and O–H groups in total. The fraction of sp³-hybridized carbons (Fsp3) is 0.750. The van der Waals surface area contributed by atoms with E-state index in [1.165, 1.54) is 9.80 Å². The minimum atomic E-state index is -1.08. The largest absolute Gasteiger partial charge is 0.347 e. The lowest BCUT2D eigenvalue weighted by molar-refractivity contribution is -0.143. The fourth-order valence-electron chi connectivity index (χ4n) is 1.27. The highest BCUT2D eigenvalue weighted by atomic mass is 16.2. The molecule has 0 aliphatic rings. The predicted molar refractivity (Wildman–Crippen MR) is 65.0 cm³/mol. The molecule has 5 nitrogen and oxygen atoms in total.